The van der Waals surface area contributed by atoms with Crippen molar-refractivity contribution >= 4 is 29.0 Å². The second-order valence-corrected chi connectivity index (χ2v) is 9.13. The van der Waals surface area contributed by atoms with E-state index in [-0.39, 0.29) is 17.9 Å². The summed E-state index contributed by atoms with van der Waals surface area (Å²) < 4.78 is 5.41. The van der Waals surface area contributed by atoms with Crippen LogP contribution >= 0.6 is 11.3 Å². The third-order valence-corrected chi connectivity index (χ3v) is 5.34. The second-order valence-electron chi connectivity index (χ2n) is 8.06. The largest absolute Gasteiger partial charge is 0.444 e. The Morgan fingerprint density at radius 3 is 2.57 bits per heavy atom. The molecule has 7 heteroatoms. The predicted molar refractivity (Wildman–Crippen MR) is 111 cm³/mol. The highest BCUT2D eigenvalue weighted by Gasteiger charge is 2.29. The normalized spacial score (nSPS) is 15.4. The van der Waals surface area contributed by atoms with E-state index in [0.717, 1.165) is 22.0 Å². The highest BCUT2D eigenvalue weighted by Crippen LogP contribution is 2.26. The minimum atomic E-state index is -0.508. The van der Waals surface area contributed by atoms with Crippen molar-refractivity contribution in [1.29, 1.82) is 0 Å². The van der Waals surface area contributed by atoms with E-state index < -0.39 is 5.60 Å². The maximum absolute atomic E-state index is 12.7. The Morgan fingerprint density at radius 2 is 1.96 bits per heavy atom. The van der Waals surface area contributed by atoms with Crippen molar-refractivity contribution in [1.82, 2.24) is 9.88 Å². The number of piperidine rings is 1. The summed E-state index contributed by atoms with van der Waals surface area (Å²) in [6.45, 7) is 8.60. The van der Waals surface area contributed by atoms with Gasteiger partial charge < -0.3 is 15.0 Å². The van der Waals surface area contributed by atoms with Gasteiger partial charge in [-0.05, 0) is 52.7 Å². The van der Waals surface area contributed by atoms with E-state index in [2.05, 4.69) is 10.3 Å². The third kappa shape index (κ3) is 5.32. The molecule has 6 nitrogen and oxygen atoms in total. The summed E-state index contributed by atoms with van der Waals surface area (Å²) in [7, 11) is 0. The minimum absolute atomic E-state index is 0.00422. The number of likely N-dealkylation sites (tertiary alicyclic amines) is 1. The zero-order valence-electron chi connectivity index (χ0n) is 16.8. The second kappa shape index (κ2) is 8.31. The Hall–Kier alpha value is -2.41. The van der Waals surface area contributed by atoms with Gasteiger partial charge >= 0.3 is 6.09 Å². The Balaban J connectivity index is 1.56. The molecule has 0 bridgehead atoms. The Labute approximate surface area is 169 Å². The van der Waals surface area contributed by atoms with Crippen LogP contribution in [0.5, 0.6) is 0 Å². The molecule has 0 saturated carbocycles. The van der Waals surface area contributed by atoms with Crippen molar-refractivity contribution in [3.63, 3.8) is 0 Å². The van der Waals surface area contributed by atoms with Gasteiger partial charge in [0.15, 0.2) is 0 Å². The predicted octanol–water partition coefficient (Wildman–Crippen LogP) is 4.70. The summed E-state index contributed by atoms with van der Waals surface area (Å²) >= 11 is 1.61. The van der Waals surface area contributed by atoms with Crippen LogP contribution in [0.1, 0.15) is 38.6 Å². The van der Waals surface area contributed by atoms with E-state index in [0.29, 0.717) is 25.9 Å². The minimum Gasteiger partial charge on any atom is -0.444 e. The van der Waals surface area contributed by atoms with Gasteiger partial charge in [0.1, 0.15) is 5.60 Å². The number of carbonyl (C=O) groups is 2. The van der Waals surface area contributed by atoms with Gasteiger partial charge in [-0.25, -0.2) is 9.78 Å². The zero-order valence-corrected chi connectivity index (χ0v) is 17.6. The number of amides is 2. The molecule has 1 aromatic carbocycles. The first kappa shape index (κ1) is 20.3. The highest BCUT2D eigenvalue weighted by atomic mass is 32.1. The molecule has 1 aliphatic rings. The average Bonchev–Trinajstić information content (AvgIpc) is 3.07. The molecule has 1 aromatic heterocycles. The number of benzene rings is 1. The standard InChI is InChI=1S/C21H27N3O3S/c1-14-22-18(13-28-14)16-6-5-7-17(12-16)23-19(25)15-8-10-24(11-9-15)20(26)27-21(2,3)4/h5-7,12-13,15H,8-11H2,1-4H3,(H,23,25). The number of rotatable bonds is 3. The van der Waals surface area contributed by atoms with E-state index in [4.69, 9.17) is 4.74 Å². The quantitative estimate of drug-likeness (QED) is 0.809. The molecule has 0 radical (unpaired) electrons. The molecule has 0 atom stereocenters. The molecule has 3 rings (SSSR count). The van der Waals surface area contributed by atoms with Crippen LogP contribution in [0.2, 0.25) is 0 Å². The molecule has 2 aromatic rings. The number of ether oxygens (including phenoxy) is 1. The average molecular weight is 402 g/mol. The molecule has 0 aliphatic carbocycles. The summed E-state index contributed by atoms with van der Waals surface area (Å²) in [5.41, 5.74) is 2.17. The van der Waals surface area contributed by atoms with Gasteiger partial charge in [-0.3, -0.25) is 4.79 Å². The summed E-state index contributed by atoms with van der Waals surface area (Å²) in [4.78, 5) is 31.0. The van der Waals surface area contributed by atoms with Gasteiger partial charge in [-0.15, -0.1) is 11.3 Å². The van der Waals surface area contributed by atoms with E-state index in [1.807, 2.05) is 57.3 Å². The van der Waals surface area contributed by atoms with Gasteiger partial charge in [0.2, 0.25) is 5.91 Å². The topological polar surface area (TPSA) is 71.5 Å². The van der Waals surface area contributed by atoms with E-state index >= 15 is 0 Å². The lowest BCUT2D eigenvalue weighted by molar-refractivity contribution is -0.121. The number of aryl methyl sites for hydroxylation is 1. The fourth-order valence-electron chi connectivity index (χ4n) is 3.15. The van der Waals surface area contributed by atoms with Crippen LogP contribution in [0.25, 0.3) is 11.3 Å². The maximum Gasteiger partial charge on any atom is 0.410 e. The summed E-state index contributed by atoms with van der Waals surface area (Å²) in [5.74, 6) is -0.112. The number of hydrogen-bond acceptors (Lipinski definition) is 5. The molecule has 2 amide bonds. The van der Waals surface area contributed by atoms with Crippen molar-refractivity contribution in [2.75, 3.05) is 18.4 Å². The van der Waals surface area contributed by atoms with Gasteiger partial charge in [0, 0.05) is 35.6 Å². The van der Waals surface area contributed by atoms with Gasteiger partial charge in [0.05, 0.1) is 10.7 Å². The monoisotopic (exact) mass is 401 g/mol. The first-order valence-electron chi connectivity index (χ1n) is 9.52. The fourth-order valence-corrected chi connectivity index (χ4v) is 3.77. The lowest BCUT2D eigenvalue weighted by Crippen LogP contribution is -2.43. The fraction of sp³-hybridized carbons (Fsp3) is 0.476. The Bertz CT molecular complexity index is 849. The number of carbonyl (C=O) groups excluding carboxylic acids is 2. The van der Waals surface area contributed by atoms with Crippen LogP contribution in [-0.4, -0.2) is 40.6 Å². The van der Waals surface area contributed by atoms with Crippen molar-refractivity contribution < 1.29 is 14.3 Å². The van der Waals surface area contributed by atoms with Crippen molar-refractivity contribution in [3.05, 3.63) is 34.7 Å². The molecular formula is C21H27N3O3S. The molecule has 0 unspecified atom stereocenters. The lowest BCUT2D eigenvalue weighted by Gasteiger charge is -2.32. The van der Waals surface area contributed by atoms with Crippen LogP contribution in [-0.2, 0) is 9.53 Å². The molecule has 1 N–H and O–H groups in total. The summed E-state index contributed by atoms with van der Waals surface area (Å²) in [6, 6.07) is 7.74. The number of aromatic nitrogens is 1. The Kier molecular flexibility index (Phi) is 6.03. The lowest BCUT2D eigenvalue weighted by atomic mass is 9.96. The summed E-state index contributed by atoms with van der Waals surface area (Å²) in [5, 5.41) is 6.04. The number of hydrogen-bond donors (Lipinski definition) is 1. The van der Waals surface area contributed by atoms with Crippen LogP contribution < -0.4 is 5.32 Å². The zero-order chi connectivity index (χ0) is 20.3. The smallest absolute Gasteiger partial charge is 0.410 e. The molecule has 1 saturated heterocycles. The Morgan fingerprint density at radius 1 is 1.25 bits per heavy atom. The maximum atomic E-state index is 12.7. The third-order valence-electron chi connectivity index (χ3n) is 4.56. The van der Waals surface area contributed by atoms with E-state index in [9.17, 15) is 9.59 Å². The number of nitrogens with one attached hydrogen (secondary N) is 1. The SMILES string of the molecule is Cc1nc(-c2cccc(NC(=O)C3CCN(C(=O)OC(C)(C)C)CC3)c2)cs1. The van der Waals surface area contributed by atoms with Gasteiger partial charge in [-0.1, -0.05) is 12.1 Å². The molecule has 1 aliphatic heterocycles. The van der Waals surface area contributed by atoms with Crippen LogP contribution in [0, 0.1) is 12.8 Å². The number of nitrogens with zero attached hydrogens (tertiary/aromatic N) is 2. The highest BCUT2D eigenvalue weighted by molar-refractivity contribution is 7.09. The molecule has 0 spiro atoms. The van der Waals surface area contributed by atoms with Crippen molar-refractivity contribution in [2.24, 2.45) is 5.92 Å². The number of thiazole rings is 1. The summed E-state index contributed by atoms with van der Waals surface area (Å²) in [6.07, 6.45) is 0.962. The van der Waals surface area contributed by atoms with E-state index in [1.54, 1.807) is 16.2 Å². The number of anilines is 1. The van der Waals surface area contributed by atoms with E-state index in [1.165, 1.54) is 0 Å². The van der Waals surface area contributed by atoms with Gasteiger partial charge in [0.25, 0.3) is 0 Å². The molecular weight excluding hydrogens is 374 g/mol. The van der Waals surface area contributed by atoms with Crippen molar-refractivity contribution in [2.45, 2.75) is 46.1 Å². The van der Waals surface area contributed by atoms with Gasteiger partial charge in [-0.2, -0.15) is 0 Å². The molecule has 150 valence electrons. The first-order chi connectivity index (χ1) is 13.2. The van der Waals surface area contributed by atoms with Crippen molar-refractivity contribution in [3.8, 4) is 11.3 Å². The molecule has 2 heterocycles. The molecule has 1 fully saturated rings. The van der Waals surface area contributed by atoms with Crippen LogP contribution in [0.3, 0.4) is 0 Å². The first-order valence-corrected chi connectivity index (χ1v) is 10.4. The van der Waals surface area contributed by atoms with Crippen LogP contribution in [0.15, 0.2) is 29.6 Å². The molecule has 28 heavy (non-hydrogen) atoms. The van der Waals surface area contributed by atoms with Crippen LogP contribution in [0.4, 0.5) is 10.5 Å².